The largest absolute Gasteiger partial charge is 0.316 e. The van der Waals surface area contributed by atoms with Crippen molar-refractivity contribution in [1.29, 1.82) is 0 Å². The fraction of sp³-hybridized carbons (Fsp3) is 0.444. The molecular formula is C18H25ClN2. The van der Waals surface area contributed by atoms with Crippen molar-refractivity contribution < 1.29 is 0 Å². The second-order valence-electron chi connectivity index (χ2n) is 6.05. The molecule has 1 aliphatic heterocycles. The van der Waals surface area contributed by atoms with Crippen LogP contribution in [0.15, 0.2) is 42.5 Å². The third-order valence-electron chi connectivity index (χ3n) is 4.29. The van der Waals surface area contributed by atoms with E-state index in [0.717, 1.165) is 12.5 Å². The number of rotatable bonds is 4. The molecule has 1 atom stereocenters. The topological polar surface area (TPSA) is 15.3 Å². The number of halogens is 1. The van der Waals surface area contributed by atoms with E-state index in [0.29, 0.717) is 0 Å². The lowest BCUT2D eigenvalue weighted by Gasteiger charge is -2.27. The van der Waals surface area contributed by atoms with Crippen LogP contribution in [0.25, 0.3) is 10.8 Å². The van der Waals surface area contributed by atoms with Crippen molar-refractivity contribution >= 4 is 23.2 Å². The standard InChI is InChI=1S/C18H24N2.ClH/c1-20(13-15-6-5-11-19-12-15)14-17-9-4-8-16-7-2-3-10-18(16)17;/h2-4,7-10,15,19H,5-6,11-14H2,1H3;1H. The minimum Gasteiger partial charge on any atom is -0.316 e. The molecule has 0 amide bonds. The molecule has 2 aromatic rings. The Labute approximate surface area is 133 Å². The molecule has 1 saturated heterocycles. The van der Waals surface area contributed by atoms with Crippen molar-refractivity contribution in [2.24, 2.45) is 5.92 Å². The molecule has 2 nitrogen and oxygen atoms in total. The second kappa shape index (κ2) is 7.79. The van der Waals surface area contributed by atoms with Crippen LogP contribution in [0.2, 0.25) is 0 Å². The summed E-state index contributed by atoms with van der Waals surface area (Å²) in [5.74, 6) is 0.809. The first-order chi connectivity index (χ1) is 9.83. The normalized spacial score (nSPS) is 18.7. The van der Waals surface area contributed by atoms with E-state index >= 15 is 0 Å². The van der Waals surface area contributed by atoms with Gasteiger partial charge < -0.3 is 10.2 Å². The van der Waals surface area contributed by atoms with Gasteiger partial charge in [0.05, 0.1) is 0 Å². The fourth-order valence-electron chi connectivity index (χ4n) is 3.31. The summed E-state index contributed by atoms with van der Waals surface area (Å²) >= 11 is 0. The van der Waals surface area contributed by atoms with Crippen LogP contribution < -0.4 is 5.32 Å². The lowest BCUT2D eigenvalue weighted by Crippen LogP contribution is -2.36. The van der Waals surface area contributed by atoms with Crippen LogP contribution in [-0.4, -0.2) is 31.6 Å². The molecule has 0 saturated carbocycles. The highest BCUT2D eigenvalue weighted by molar-refractivity contribution is 5.85. The van der Waals surface area contributed by atoms with Crippen LogP contribution >= 0.6 is 12.4 Å². The lowest BCUT2D eigenvalue weighted by atomic mass is 9.98. The molecule has 1 fully saturated rings. The predicted octanol–water partition coefficient (Wildman–Crippen LogP) is 3.69. The Morgan fingerprint density at radius 2 is 1.95 bits per heavy atom. The van der Waals surface area contributed by atoms with E-state index in [9.17, 15) is 0 Å². The molecule has 1 N–H and O–H groups in total. The van der Waals surface area contributed by atoms with E-state index in [-0.39, 0.29) is 12.4 Å². The Kier molecular flexibility index (Phi) is 6.04. The molecule has 21 heavy (non-hydrogen) atoms. The van der Waals surface area contributed by atoms with E-state index in [1.165, 1.54) is 48.8 Å². The van der Waals surface area contributed by atoms with Crippen molar-refractivity contribution in [3.05, 3.63) is 48.0 Å². The lowest BCUT2D eigenvalue weighted by molar-refractivity contribution is 0.238. The van der Waals surface area contributed by atoms with Gasteiger partial charge in [-0.05, 0) is 55.2 Å². The molecular weight excluding hydrogens is 280 g/mol. The molecule has 1 unspecified atom stereocenters. The smallest absolute Gasteiger partial charge is 0.0236 e. The van der Waals surface area contributed by atoms with Gasteiger partial charge in [0.15, 0.2) is 0 Å². The maximum Gasteiger partial charge on any atom is 0.0236 e. The third-order valence-corrected chi connectivity index (χ3v) is 4.29. The highest BCUT2D eigenvalue weighted by Crippen LogP contribution is 2.20. The zero-order chi connectivity index (χ0) is 13.8. The van der Waals surface area contributed by atoms with Gasteiger partial charge in [-0.15, -0.1) is 12.4 Å². The molecule has 3 rings (SSSR count). The number of benzene rings is 2. The molecule has 0 spiro atoms. The molecule has 0 radical (unpaired) electrons. The van der Waals surface area contributed by atoms with Crippen LogP contribution in [0.1, 0.15) is 18.4 Å². The van der Waals surface area contributed by atoms with Crippen molar-refractivity contribution in [1.82, 2.24) is 10.2 Å². The van der Waals surface area contributed by atoms with Crippen molar-refractivity contribution in [3.8, 4) is 0 Å². The predicted molar refractivity (Wildman–Crippen MR) is 93.1 cm³/mol. The van der Waals surface area contributed by atoms with Crippen molar-refractivity contribution in [2.75, 3.05) is 26.7 Å². The average Bonchev–Trinajstić information content (AvgIpc) is 2.48. The van der Waals surface area contributed by atoms with E-state index in [2.05, 4.69) is 59.7 Å². The average molecular weight is 305 g/mol. The highest BCUT2D eigenvalue weighted by atomic mass is 35.5. The van der Waals surface area contributed by atoms with Gasteiger partial charge in [-0.1, -0.05) is 42.5 Å². The summed E-state index contributed by atoms with van der Waals surface area (Å²) < 4.78 is 0. The first-order valence-corrected chi connectivity index (χ1v) is 7.69. The zero-order valence-corrected chi connectivity index (χ0v) is 13.5. The van der Waals surface area contributed by atoms with Crippen LogP contribution in [0.3, 0.4) is 0 Å². The van der Waals surface area contributed by atoms with E-state index in [1.807, 2.05) is 0 Å². The van der Waals surface area contributed by atoms with Gasteiger partial charge in [0.2, 0.25) is 0 Å². The second-order valence-corrected chi connectivity index (χ2v) is 6.05. The molecule has 0 aliphatic carbocycles. The summed E-state index contributed by atoms with van der Waals surface area (Å²) in [5, 5.41) is 6.24. The van der Waals surface area contributed by atoms with Crippen molar-refractivity contribution in [3.63, 3.8) is 0 Å². The number of piperidine rings is 1. The number of fused-ring (bicyclic) bond motifs is 1. The molecule has 3 heteroatoms. The Bertz CT molecular complexity index is 559. The van der Waals surface area contributed by atoms with Crippen LogP contribution in [0, 0.1) is 5.92 Å². The van der Waals surface area contributed by atoms with E-state index < -0.39 is 0 Å². The molecule has 2 aromatic carbocycles. The molecule has 114 valence electrons. The van der Waals surface area contributed by atoms with Gasteiger partial charge in [-0.2, -0.15) is 0 Å². The Hall–Kier alpha value is -1.09. The van der Waals surface area contributed by atoms with E-state index in [1.54, 1.807) is 0 Å². The highest BCUT2D eigenvalue weighted by Gasteiger charge is 2.15. The first kappa shape index (κ1) is 16.3. The third kappa shape index (κ3) is 4.19. The summed E-state index contributed by atoms with van der Waals surface area (Å²) in [5.41, 5.74) is 1.44. The monoisotopic (exact) mass is 304 g/mol. The van der Waals surface area contributed by atoms with Crippen LogP contribution in [0.5, 0.6) is 0 Å². The van der Waals surface area contributed by atoms with Crippen LogP contribution in [-0.2, 0) is 6.54 Å². The number of hydrogen-bond donors (Lipinski definition) is 1. The summed E-state index contributed by atoms with van der Waals surface area (Å²) in [6.07, 6.45) is 2.69. The summed E-state index contributed by atoms with van der Waals surface area (Å²) in [6, 6.07) is 15.3. The first-order valence-electron chi connectivity index (χ1n) is 7.69. The Morgan fingerprint density at radius 3 is 2.76 bits per heavy atom. The van der Waals surface area contributed by atoms with Gasteiger partial charge in [-0.3, -0.25) is 0 Å². The molecule has 0 aromatic heterocycles. The molecule has 1 aliphatic rings. The zero-order valence-electron chi connectivity index (χ0n) is 12.7. The van der Waals surface area contributed by atoms with Gasteiger partial charge in [0.25, 0.3) is 0 Å². The SMILES string of the molecule is CN(Cc1cccc2ccccc12)CC1CCCNC1.Cl. The summed E-state index contributed by atoms with van der Waals surface area (Å²) in [4.78, 5) is 2.47. The van der Waals surface area contributed by atoms with Gasteiger partial charge in [-0.25, -0.2) is 0 Å². The van der Waals surface area contributed by atoms with Crippen molar-refractivity contribution in [2.45, 2.75) is 19.4 Å². The fourth-order valence-corrected chi connectivity index (χ4v) is 3.31. The number of hydrogen-bond acceptors (Lipinski definition) is 2. The number of nitrogens with zero attached hydrogens (tertiary/aromatic N) is 1. The Balaban J connectivity index is 0.00000161. The number of nitrogens with one attached hydrogen (secondary N) is 1. The van der Waals surface area contributed by atoms with Gasteiger partial charge in [0.1, 0.15) is 0 Å². The summed E-state index contributed by atoms with van der Waals surface area (Å²) in [7, 11) is 2.25. The van der Waals surface area contributed by atoms with Crippen LogP contribution in [0.4, 0.5) is 0 Å². The minimum absolute atomic E-state index is 0. The molecule has 0 bridgehead atoms. The maximum absolute atomic E-state index is 3.51. The van der Waals surface area contributed by atoms with Gasteiger partial charge in [0, 0.05) is 13.1 Å². The minimum atomic E-state index is 0. The molecule has 1 heterocycles. The Morgan fingerprint density at radius 1 is 1.14 bits per heavy atom. The quantitative estimate of drug-likeness (QED) is 0.926. The van der Waals surface area contributed by atoms with Gasteiger partial charge >= 0.3 is 0 Å². The summed E-state index contributed by atoms with van der Waals surface area (Å²) in [6.45, 7) is 4.61. The maximum atomic E-state index is 3.51. The van der Waals surface area contributed by atoms with E-state index in [4.69, 9.17) is 0 Å².